The molecule has 0 aromatic heterocycles. The molecule has 0 N–H and O–H groups in total. The van der Waals surface area contributed by atoms with E-state index in [-0.39, 0.29) is 23.7 Å². The molecule has 0 heterocycles. The number of unbranched alkanes of at least 4 members (excludes halogenated alkanes) is 2. The molecule has 2 aliphatic carbocycles. The van der Waals surface area contributed by atoms with Crippen LogP contribution in [0.15, 0.2) is 30.4 Å². The first-order valence-electron chi connectivity index (χ1n) is 12.9. The van der Waals surface area contributed by atoms with Gasteiger partial charge in [0.15, 0.2) is 11.6 Å². The zero-order chi connectivity index (χ0) is 23.4. The molecule has 2 aliphatic rings. The summed E-state index contributed by atoms with van der Waals surface area (Å²) < 4.78 is 49.4. The summed E-state index contributed by atoms with van der Waals surface area (Å²) in [4.78, 5) is 0. The zero-order valence-corrected chi connectivity index (χ0v) is 20.0. The van der Waals surface area contributed by atoms with E-state index >= 15 is 0 Å². The minimum Gasteiger partial charge on any atom is -0.486 e. The SMILES string of the molecule is C/C=C/COc1cc2cc([C@@H]3CC[C@@H]4CC(CCCCC)CCC4C3)cc(F)c2c(F)c1F. The molecule has 4 rings (SSSR count). The van der Waals surface area contributed by atoms with Crippen LogP contribution in [0.1, 0.15) is 89.5 Å². The largest absolute Gasteiger partial charge is 0.486 e. The van der Waals surface area contributed by atoms with E-state index in [9.17, 15) is 13.2 Å². The van der Waals surface area contributed by atoms with E-state index in [1.54, 1.807) is 12.2 Å². The summed E-state index contributed by atoms with van der Waals surface area (Å²) in [6, 6.07) is 4.73. The molecule has 1 nitrogen and oxygen atoms in total. The lowest BCUT2D eigenvalue weighted by molar-refractivity contribution is 0.113. The molecule has 33 heavy (non-hydrogen) atoms. The van der Waals surface area contributed by atoms with Crippen LogP contribution < -0.4 is 4.74 Å². The van der Waals surface area contributed by atoms with E-state index < -0.39 is 17.5 Å². The first-order valence-corrected chi connectivity index (χ1v) is 12.9. The van der Waals surface area contributed by atoms with E-state index in [4.69, 9.17) is 4.74 Å². The second-order valence-corrected chi connectivity index (χ2v) is 10.2. The first kappa shape index (κ1) is 24.2. The van der Waals surface area contributed by atoms with Crippen LogP contribution in [0.4, 0.5) is 13.2 Å². The van der Waals surface area contributed by atoms with Crippen LogP contribution in [0.5, 0.6) is 5.75 Å². The smallest absolute Gasteiger partial charge is 0.201 e. The normalized spacial score (nSPS) is 25.5. The molecular formula is C29H37F3O. The molecule has 0 aliphatic heterocycles. The van der Waals surface area contributed by atoms with Crippen molar-refractivity contribution in [2.75, 3.05) is 6.61 Å². The number of halogens is 3. The number of fused-ring (bicyclic) bond motifs is 2. The lowest BCUT2D eigenvalue weighted by Crippen LogP contribution is -2.30. The summed E-state index contributed by atoms with van der Waals surface area (Å²) in [7, 11) is 0. The van der Waals surface area contributed by atoms with Crippen molar-refractivity contribution >= 4 is 10.8 Å². The molecule has 2 fully saturated rings. The number of rotatable bonds is 8. The van der Waals surface area contributed by atoms with Gasteiger partial charge in [-0.2, -0.15) is 4.39 Å². The highest BCUT2D eigenvalue weighted by atomic mass is 19.2. The van der Waals surface area contributed by atoms with E-state index in [0.717, 1.165) is 30.2 Å². The molecule has 0 amide bonds. The van der Waals surface area contributed by atoms with E-state index in [1.165, 1.54) is 63.5 Å². The molecule has 0 bridgehead atoms. The van der Waals surface area contributed by atoms with Gasteiger partial charge < -0.3 is 4.74 Å². The summed E-state index contributed by atoms with van der Waals surface area (Å²) in [5, 5.41) is 0.0945. The minimum atomic E-state index is -1.17. The first-order chi connectivity index (χ1) is 16.0. The molecule has 2 saturated carbocycles. The van der Waals surface area contributed by atoms with Gasteiger partial charge in [0.2, 0.25) is 5.82 Å². The highest BCUT2D eigenvalue weighted by Crippen LogP contribution is 2.49. The van der Waals surface area contributed by atoms with E-state index in [2.05, 4.69) is 6.92 Å². The predicted octanol–water partition coefficient (Wildman–Crippen LogP) is 9.09. The van der Waals surface area contributed by atoms with Gasteiger partial charge >= 0.3 is 0 Å². The van der Waals surface area contributed by atoms with Crippen molar-refractivity contribution in [3.63, 3.8) is 0 Å². The molecule has 0 spiro atoms. The topological polar surface area (TPSA) is 9.23 Å². The van der Waals surface area contributed by atoms with Crippen molar-refractivity contribution < 1.29 is 17.9 Å². The lowest BCUT2D eigenvalue weighted by Gasteiger charge is -2.42. The van der Waals surface area contributed by atoms with E-state index in [0.29, 0.717) is 11.3 Å². The molecule has 0 radical (unpaired) electrons. The molecule has 4 atom stereocenters. The summed E-state index contributed by atoms with van der Waals surface area (Å²) in [6.45, 7) is 4.23. The Hall–Kier alpha value is -1.97. The Bertz CT molecular complexity index is 983. The van der Waals surface area contributed by atoms with Gasteiger partial charge in [0.1, 0.15) is 12.4 Å². The lowest BCUT2D eigenvalue weighted by atomic mass is 9.63. The highest BCUT2D eigenvalue weighted by Gasteiger charge is 2.36. The molecular weight excluding hydrogens is 421 g/mol. The molecule has 2 aromatic rings. The maximum atomic E-state index is 15.0. The van der Waals surface area contributed by atoms with Gasteiger partial charge in [-0.15, -0.1) is 0 Å². The molecule has 2 unspecified atom stereocenters. The fraction of sp³-hybridized carbons (Fsp3) is 0.586. The van der Waals surface area contributed by atoms with Gasteiger partial charge in [-0.25, -0.2) is 8.78 Å². The van der Waals surface area contributed by atoms with Crippen LogP contribution in [0.3, 0.4) is 0 Å². The standard InChI is InChI=1S/C29H37F3O/c1-3-5-7-8-19-9-10-21-15-22(12-11-20(21)14-19)23-16-24-18-26(33-13-6-4-2)28(31)29(32)27(24)25(30)17-23/h4,6,16-22H,3,5,7-15H2,1-2H3/b6-4+/t19?,20-,21?,22-/m1/s1. The third-order valence-corrected chi connectivity index (χ3v) is 8.04. The molecule has 2 aromatic carbocycles. The fourth-order valence-corrected chi connectivity index (χ4v) is 6.23. The van der Waals surface area contributed by atoms with Gasteiger partial charge in [0.25, 0.3) is 0 Å². The second-order valence-electron chi connectivity index (χ2n) is 10.2. The fourth-order valence-electron chi connectivity index (χ4n) is 6.23. The minimum absolute atomic E-state index is 0.145. The van der Waals surface area contributed by atoms with Gasteiger partial charge in [-0.05, 0) is 85.8 Å². The van der Waals surface area contributed by atoms with Crippen LogP contribution in [0, 0.1) is 35.2 Å². The summed E-state index contributed by atoms with van der Waals surface area (Å²) >= 11 is 0. The molecule has 4 heteroatoms. The average molecular weight is 459 g/mol. The number of allylic oxidation sites excluding steroid dienone is 1. The van der Waals surface area contributed by atoms with Gasteiger partial charge in [-0.1, -0.05) is 57.2 Å². The van der Waals surface area contributed by atoms with E-state index in [1.807, 2.05) is 13.0 Å². The molecule has 0 saturated heterocycles. The van der Waals surface area contributed by atoms with Crippen molar-refractivity contribution in [3.05, 3.63) is 53.4 Å². The summed E-state index contributed by atoms with van der Waals surface area (Å²) in [5.41, 5.74) is 0.911. The van der Waals surface area contributed by atoms with Crippen LogP contribution in [-0.2, 0) is 0 Å². The van der Waals surface area contributed by atoms with Crippen molar-refractivity contribution in [1.82, 2.24) is 0 Å². The Morgan fingerprint density at radius 2 is 1.73 bits per heavy atom. The quantitative estimate of drug-likeness (QED) is 0.283. The average Bonchev–Trinajstić information content (AvgIpc) is 2.81. The number of hydrogen-bond acceptors (Lipinski definition) is 1. The van der Waals surface area contributed by atoms with Crippen LogP contribution in [0.25, 0.3) is 10.8 Å². The number of benzene rings is 2. The van der Waals surface area contributed by atoms with Crippen molar-refractivity contribution in [3.8, 4) is 5.75 Å². The Morgan fingerprint density at radius 3 is 2.52 bits per heavy atom. The van der Waals surface area contributed by atoms with Crippen LogP contribution in [0.2, 0.25) is 0 Å². The van der Waals surface area contributed by atoms with Crippen molar-refractivity contribution in [2.24, 2.45) is 17.8 Å². The summed E-state index contributed by atoms with van der Waals surface area (Å²) in [5.74, 6) is -0.485. The van der Waals surface area contributed by atoms with Crippen molar-refractivity contribution in [2.45, 2.75) is 84.0 Å². The summed E-state index contributed by atoms with van der Waals surface area (Å²) in [6.07, 6.45) is 16.1. The third kappa shape index (κ3) is 5.41. The Kier molecular flexibility index (Phi) is 8.03. The highest BCUT2D eigenvalue weighted by molar-refractivity contribution is 5.86. The maximum Gasteiger partial charge on any atom is 0.201 e. The molecule has 180 valence electrons. The Labute approximate surface area is 196 Å². The van der Waals surface area contributed by atoms with Crippen molar-refractivity contribution in [1.29, 1.82) is 0 Å². The Morgan fingerprint density at radius 1 is 0.939 bits per heavy atom. The van der Waals surface area contributed by atoms with Crippen LogP contribution in [-0.4, -0.2) is 6.61 Å². The monoisotopic (exact) mass is 458 g/mol. The predicted molar refractivity (Wildman–Crippen MR) is 129 cm³/mol. The second kappa shape index (κ2) is 11.0. The van der Waals surface area contributed by atoms with Gasteiger partial charge in [0.05, 0.1) is 5.39 Å². The maximum absolute atomic E-state index is 15.0. The van der Waals surface area contributed by atoms with Gasteiger partial charge in [-0.3, -0.25) is 0 Å². The third-order valence-electron chi connectivity index (χ3n) is 8.04. The number of ether oxygens (including phenoxy) is 1. The van der Waals surface area contributed by atoms with Gasteiger partial charge in [0, 0.05) is 0 Å². The van der Waals surface area contributed by atoms with Crippen LogP contribution >= 0.6 is 0 Å². The Balaban J connectivity index is 1.50. The zero-order valence-electron chi connectivity index (χ0n) is 20.0. The number of hydrogen-bond donors (Lipinski definition) is 0.